The van der Waals surface area contributed by atoms with Gasteiger partial charge in [-0.3, -0.25) is 4.79 Å². The van der Waals surface area contributed by atoms with Gasteiger partial charge in [-0.1, -0.05) is 12.1 Å². The van der Waals surface area contributed by atoms with E-state index >= 15 is 0 Å². The number of ether oxygens (including phenoxy) is 2. The number of sulfonamides is 1. The molecule has 0 bridgehead atoms. The lowest BCUT2D eigenvalue weighted by molar-refractivity contribution is -0.138. The van der Waals surface area contributed by atoms with Crippen molar-refractivity contribution in [1.82, 2.24) is 9.21 Å². The predicted octanol–water partition coefficient (Wildman–Crippen LogP) is 1.67. The van der Waals surface area contributed by atoms with E-state index in [9.17, 15) is 13.2 Å². The van der Waals surface area contributed by atoms with Gasteiger partial charge in [-0.15, -0.1) is 0 Å². The van der Waals surface area contributed by atoms with Gasteiger partial charge in [0.05, 0.1) is 19.8 Å². The van der Waals surface area contributed by atoms with Crippen LogP contribution in [0, 0.1) is 0 Å². The first-order chi connectivity index (χ1) is 13.4. The zero-order valence-corrected chi connectivity index (χ0v) is 17.5. The summed E-state index contributed by atoms with van der Waals surface area (Å²) < 4.78 is 36.4. The maximum absolute atomic E-state index is 13.3. The zero-order valence-electron chi connectivity index (χ0n) is 16.7. The molecule has 8 heteroatoms. The second kappa shape index (κ2) is 9.24. The highest BCUT2D eigenvalue weighted by Gasteiger charge is 2.36. The second-order valence-corrected chi connectivity index (χ2v) is 9.57. The largest absolute Gasteiger partial charge is 0.497 e. The van der Waals surface area contributed by atoms with Crippen molar-refractivity contribution in [2.45, 2.75) is 44.2 Å². The van der Waals surface area contributed by atoms with Crippen LogP contribution >= 0.6 is 0 Å². The molecular formula is C20H30N2O5S. The molecule has 1 amide bonds. The number of hydrogen-bond acceptors (Lipinski definition) is 5. The van der Waals surface area contributed by atoms with Gasteiger partial charge in [0.2, 0.25) is 15.9 Å². The average molecular weight is 411 g/mol. The van der Waals surface area contributed by atoms with E-state index in [0.717, 1.165) is 37.0 Å². The maximum Gasteiger partial charge on any atom is 0.227 e. The molecular weight excluding hydrogens is 380 g/mol. The molecule has 2 aliphatic heterocycles. The standard InChI is InChI=1S/C20H30N2O5S/c1-26-19-7-3-5-16(13-19)14-20(23)22(17-8-11-27-12-9-17)18-6-4-10-21(15-18)28(2,24)25/h3,5,7,13,17-18H,4,6,8-12,14-15H2,1-2H3. The van der Waals surface area contributed by atoms with Crippen molar-refractivity contribution in [3.63, 3.8) is 0 Å². The van der Waals surface area contributed by atoms with E-state index in [1.54, 1.807) is 7.11 Å². The van der Waals surface area contributed by atoms with Gasteiger partial charge in [-0.2, -0.15) is 0 Å². The van der Waals surface area contributed by atoms with Gasteiger partial charge in [0.15, 0.2) is 0 Å². The van der Waals surface area contributed by atoms with Crippen LogP contribution in [-0.4, -0.2) is 75.3 Å². The second-order valence-electron chi connectivity index (χ2n) is 7.59. The molecule has 2 saturated heterocycles. The van der Waals surface area contributed by atoms with Crippen molar-refractivity contribution in [1.29, 1.82) is 0 Å². The molecule has 1 aromatic rings. The van der Waals surface area contributed by atoms with Crippen molar-refractivity contribution in [2.75, 3.05) is 39.7 Å². The summed E-state index contributed by atoms with van der Waals surface area (Å²) in [7, 11) is -1.65. The summed E-state index contributed by atoms with van der Waals surface area (Å²) in [5.74, 6) is 0.768. The highest BCUT2D eigenvalue weighted by atomic mass is 32.2. The summed E-state index contributed by atoms with van der Waals surface area (Å²) in [5.41, 5.74) is 0.900. The fourth-order valence-electron chi connectivity index (χ4n) is 4.17. The Labute approximate surface area is 167 Å². The van der Waals surface area contributed by atoms with E-state index in [0.29, 0.717) is 26.3 Å². The van der Waals surface area contributed by atoms with Crippen LogP contribution in [0.1, 0.15) is 31.2 Å². The van der Waals surface area contributed by atoms with Crippen LogP contribution in [-0.2, 0) is 26.0 Å². The lowest BCUT2D eigenvalue weighted by Crippen LogP contribution is -2.56. The maximum atomic E-state index is 13.3. The number of nitrogens with zero attached hydrogens (tertiary/aromatic N) is 2. The third-order valence-corrected chi connectivity index (χ3v) is 6.85. The minimum Gasteiger partial charge on any atom is -0.497 e. The molecule has 2 aliphatic rings. The third-order valence-electron chi connectivity index (χ3n) is 5.58. The summed E-state index contributed by atoms with van der Waals surface area (Å²) in [6.45, 7) is 2.17. The fourth-order valence-corrected chi connectivity index (χ4v) is 5.07. The molecule has 2 fully saturated rings. The first-order valence-electron chi connectivity index (χ1n) is 9.85. The van der Waals surface area contributed by atoms with Crippen molar-refractivity contribution in [3.05, 3.63) is 29.8 Å². The summed E-state index contributed by atoms with van der Waals surface area (Å²) in [5, 5.41) is 0. The van der Waals surface area contributed by atoms with Crippen molar-refractivity contribution >= 4 is 15.9 Å². The highest BCUT2D eigenvalue weighted by molar-refractivity contribution is 7.88. The molecule has 0 spiro atoms. The van der Waals surface area contributed by atoms with Crippen LogP contribution in [0.4, 0.5) is 0 Å². The molecule has 1 aromatic carbocycles. The van der Waals surface area contributed by atoms with Gasteiger partial charge in [0.1, 0.15) is 5.75 Å². The Kier molecular flexibility index (Phi) is 6.95. The highest BCUT2D eigenvalue weighted by Crippen LogP contribution is 2.26. The van der Waals surface area contributed by atoms with Gasteiger partial charge in [0.25, 0.3) is 0 Å². The zero-order chi connectivity index (χ0) is 20.1. The molecule has 156 valence electrons. The molecule has 28 heavy (non-hydrogen) atoms. The lowest BCUT2D eigenvalue weighted by atomic mass is 9.98. The molecule has 2 heterocycles. The third kappa shape index (κ3) is 5.24. The van der Waals surface area contributed by atoms with Crippen LogP contribution < -0.4 is 4.74 Å². The Balaban J connectivity index is 1.80. The summed E-state index contributed by atoms with van der Waals surface area (Å²) in [6, 6.07) is 7.54. The molecule has 3 rings (SSSR count). The Morgan fingerprint density at radius 3 is 2.68 bits per heavy atom. The van der Waals surface area contributed by atoms with Crippen LogP contribution in [0.2, 0.25) is 0 Å². The molecule has 1 atom stereocenters. The Morgan fingerprint density at radius 2 is 2.00 bits per heavy atom. The topological polar surface area (TPSA) is 76.2 Å². The van der Waals surface area contributed by atoms with Crippen LogP contribution in [0.5, 0.6) is 5.75 Å². The minimum absolute atomic E-state index is 0.0421. The lowest BCUT2D eigenvalue weighted by Gasteiger charge is -2.43. The summed E-state index contributed by atoms with van der Waals surface area (Å²) >= 11 is 0. The summed E-state index contributed by atoms with van der Waals surface area (Å²) in [6.07, 6.45) is 4.70. The quantitative estimate of drug-likeness (QED) is 0.713. The predicted molar refractivity (Wildman–Crippen MR) is 107 cm³/mol. The van der Waals surface area contributed by atoms with E-state index in [2.05, 4.69) is 0 Å². The minimum atomic E-state index is -3.26. The van der Waals surface area contributed by atoms with E-state index in [4.69, 9.17) is 9.47 Å². The number of benzene rings is 1. The number of rotatable bonds is 6. The van der Waals surface area contributed by atoms with E-state index in [1.807, 2.05) is 29.2 Å². The Hall–Kier alpha value is -1.64. The molecule has 0 saturated carbocycles. The van der Waals surface area contributed by atoms with Crippen LogP contribution in [0.3, 0.4) is 0 Å². The van der Waals surface area contributed by atoms with E-state index in [-0.39, 0.29) is 24.4 Å². The van der Waals surface area contributed by atoms with Gasteiger partial charge in [-0.05, 0) is 43.4 Å². The number of carbonyl (C=O) groups excluding carboxylic acids is 1. The van der Waals surface area contributed by atoms with Gasteiger partial charge in [0, 0.05) is 38.4 Å². The first kappa shape index (κ1) is 21.1. The molecule has 7 nitrogen and oxygen atoms in total. The number of methoxy groups -OCH3 is 1. The number of piperidine rings is 1. The van der Waals surface area contributed by atoms with Crippen molar-refractivity contribution in [2.24, 2.45) is 0 Å². The summed E-state index contributed by atoms with van der Waals surface area (Å²) in [4.78, 5) is 15.3. The van der Waals surface area contributed by atoms with Gasteiger partial charge in [-0.25, -0.2) is 12.7 Å². The molecule has 1 unspecified atom stereocenters. The van der Waals surface area contributed by atoms with Gasteiger partial charge < -0.3 is 14.4 Å². The normalized spacial score (nSPS) is 22.0. The van der Waals surface area contributed by atoms with Crippen LogP contribution in [0.15, 0.2) is 24.3 Å². The van der Waals surface area contributed by atoms with E-state index < -0.39 is 10.0 Å². The smallest absolute Gasteiger partial charge is 0.227 e. The Bertz CT molecular complexity index is 777. The van der Waals surface area contributed by atoms with Crippen molar-refractivity contribution in [3.8, 4) is 5.75 Å². The van der Waals surface area contributed by atoms with Crippen molar-refractivity contribution < 1.29 is 22.7 Å². The number of carbonyl (C=O) groups is 1. The monoisotopic (exact) mass is 410 g/mol. The van der Waals surface area contributed by atoms with Crippen LogP contribution in [0.25, 0.3) is 0 Å². The fraction of sp³-hybridized carbons (Fsp3) is 0.650. The molecule has 0 N–H and O–H groups in total. The van der Waals surface area contributed by atoms with Gasteiger partial charge >= 0.3 is 0 Å². The number of amides is 1. The molecule has 0 aliphatic carbocycles. The van der Waals surface area contributed by atoms with E-state index in [1.165, 1.54) is 10.6 Å². The Morgan fingerprint density at radius 1 is 1.25 bits per heavy atom. The average Bonchev–Trinajstić information content (AvgIpc) is 2.69. The first-order valence-corrected chi connectivity index (χ1v) is 11.7. The molecule has 0 radical (unpaired) electrons. The molecule has 0 aromatic heterocycles. The number of hydrogen-bond donors (Lipinski definition) is 0. The SMILES string of the molecule is COc1cccc(CC(=O)N(C2CCOCC2)C2CCCN(S(C)(=O)=O)C2)c1.